The standard InChI is InChI=1S/C18H20FN3O3/c1-22(10-12-7-8-16(25-2)14(19)9-12)11-17(23)21-15-6-4-3-5-13(15)18(20)24/h3-9H,10-11H2,1-2H3,(H2,20,24)(H,21,23). The number of nitrogens with zero attached hydrogens (tertiary/aromatic N) is 1. The average Bonchev–Trinajstić information content (AvgIpc) is 2.55. The average molecular weight is 345 g/mol. The van der Waals surface area contributed by atoms with Crippen LogP contribution in [0.1, 0.15) is 15.9 Å². The molecule has 0 fully saturated rings. The lowest BCUT2D eigenvalue weighted by Gasteiger charge is -2.17. The van der Waals surface area contributed by atoms with Crippen LogP contribution in [0, 0.1) is 5.82 Å². The third kappa shape index (κ3) is 5.02. The van der Waals surface area contributed by atoms with E-state index in [1.807, 2.05) is 0 Å². The van der Waals surface area contributed by atoms with Crippen LogP contribution >= 0.6 is 0 Å². The van der Waals surface area contributed by atoms with Crippen molar-refractivity contribution in [1.29, 1.82) is 0 Å². The molecular weight excluding hydrogens is 325 g/mol. The Balaban J connectivity index is 1.96. The van der Waals surface area contributed by atoms with Crippen molar-refractivity contribution in [2.75, 3.05) is 26.0 Å². The van der Waals surface area contributed by atoms with E-state index < -0.39 is 11.7 Å². The SMILES string of the molecule is COc1ccc(CN(C)CC(=O)Nc2ccccc2C(N)=O)cc1F. The quantitative estimate of drug-likeness (QED) is 0.804. The van der Waals surface area contributed by atoms with Gasteiger partial charge in [0.1, 0.15) is 0 Å². The molecule has 7 heteroatoms. The van der Waals surface area contributed by atoms with Gasteiger partial charge in [0.25, 0.3) is 5.91 Å². The van der Waals surface area contributed by atoms with Crippen molar-refractivity contribution in [1.82, 2.24) is 4.90 Å². The Morgan fingerprint density at radius 3 is 2.60 bits per heavy atom. The lowest BCUT2D eigenvalue weighted by Crippen LogP contribution is -2.30. The van der Waals surface area contributed by atoms with Gasteiger partial charge < -0.3 is 15.8 Å². The van der Waals surface area contributed by atoms with Crippen molar-refractivity contribution in [2.45, 2.75) is 6.54 Å². The van der Waals surface area contributed by atoms with Crippen molar-refractivity contribution in [3.05, 3.63) is 59.4 Å². The molecular formula is C18H20FN3O3. The van der Waals surface area contributed by atoms with Gasteiger partial charge in [0, 0.05) is 6.54 Å². The number of nitrogens with two attached hydrogens (primary N) is 1. The van der Waals surface area contributed by atoms with E-state index in [0.717, 1.165) is 0 Å². The van der Waals surface area contributed by atoms with Crippen LogP contribution in [0.5, 0.6) is 5.75 Å². The van der Waals surface area contributed by atoms with Crippen molar-refractivity contribution in [3.63, 3.8) is 0 Å². The Kier molecular flexibility index (Phi) is 6.08. The Hall–Kier alpha value is -2.93. The molecule has 2 rings (SSSR count). The second kappa shape index (κ2) is 8.25. The minimum Gasteiger partial charge on any atom is -0.494 e. The van der Waals surface area contributed by atoms with Gasteiger partial charge in [-0.2, -0.15) is 0 Å². The number of likely N-dealkylation sites (N-methyl/N-ethyl adjacent to an activating group) is 1. The number of hydrogen-bond acceptors (Lipinski definition) is 4. The molecule has 0 atom stereocenters. The number of benzene rings is 2. The number of halogens is 1. The molecule has 0 aliphatic carbocycles. The Morgan fingerprint density at radius 1 is 1.24 bits per heavy atom. The largest absolute Gasteiger partial charge is 0.494 e. The normalized spacial score (nSPS) is 10.6. The lowest BCUT2D eigenvalue weighted by molar-refractivity contribution is -0.117. The number of anilines is 1. The number of rotatable bonds is 7. The predicted molar refractivity (Wildman–Crippen MR) is 92.9 cm³/mol. The van der Waals surface area contributed by atoms with Crippen LogP contribution in [0.15, 0.2) is 42.5 Å². The molecule has 6 nitrogen and oxygen atoms in total. The molecule has 0 spiro atoms. The van der Waals surface area contributed by atoms with Crippen LogP contribution in [0.2, 0.25) is 0 Å². The number of hydrogen-bond donors (Lipinski definition) is 2. The summed E-state index contributed by atoms with van der Waals surface area (Å²) >= 11 is 0. The van der Waals surface area contributed by atoms with Gasteiger partial charge in [-0.05, 0) is 36.9 Å². The minimum absolute atomic E-state index is 0.0702. The molecule has 0 aliphatic heterocycles. The van der Waals surface area contributed by atoms with Crippen molar-refractivity contribution in [2.24, 2.45) is 5.73 Å². The molecule has 0 bridgehead atoms. The zero-order chi connectivity index (χ0) is 18.4. The van der Waals surface area contributed by atoms with Crippen LogP contribution in [-0.4, -0.2) is 37.4 Å². The number of nitrogens with one attached hydrogen (secondary N) is 1. The maximum absolute atomic E-state index is 13.7. The maximum atomic E-state index is 13.7. The van der Waals surface area contributed by atoms with Crippen LogP contribution in [-0.2, 0) is 11.3 Å². The van der Waals surface area contributed by atoms with Crippen LogP contribution in [0.25, 0.3) is 0 Å². The zero-order valence-corrected chi connectivity index (χ0v) is 14.1. The fourth-order valence-corrected chi connectivity index (χ4v) is 2.42. The van der Waals surface area contributed by atoms with Crippen LogP contribution in [0.3, 0.4) is 0 Å². The molecule has 2 amide bonds. The number of methoxy groups -OCH3 is 1. The topological polar surface area (TPSA) is 84.7 Å². The predicted octanol–water partition coefficient (Wildman–Crippen LogP) is 2.00. The van der Waals surface area contributed by atoms with Crippen molar-refractivity contribution in [3.8, 4) is 5.75 Å². The fraction of sp³-hybridized carbons (Fsp3) is 0.222. The van der Waals surface area contributed by atoms with Gasteiger partial charge >= 0.3 is 0 Å². The second-order valence-corrected chi connectivity index (χ2v) is 5.60. The van der Waals surface area contributed by atoms with E-state index in [1.165, 1.54) is 13.2 Å². The van der Waals surface area contributed by atoms with Gasteiger partial charge in [0.2, 0.25) is 5.91 Å². The summed E-state index contributed by atoms with van der Waals surface area (Å²) in [4.78, 5) is 25.2. The smallest absolute Gasteiger partial charge is 0.250 e. The van der Waals surface area contributed by atoms with Gasteiger partial charge in [-0.3, -0.25) is 14.5 Å². The molecule has 0 saturated carbocycles. The molecule has 0 radical (unpaired) electrons. The third-order valence-corrected chi connectivity index (χ3v) is 3.55. The van der Waals surface area contributed by atoms with Crippen LogP contribution in [0.4, 0.5) is 10.1 Å². The molecule has 25 heavy (non-hydrogen) atoms. The lowest BCUT2D eigenvalue weighted by atomic mass is 10.1. The Bertz CT molecular complexity index is 780. The number of primary amides is 1. The highest BCUT2D eigenvalue weighted by Gasteiger charge is 2.13. The van der Waals surface area contributed by atoms with E-state index in [1.54, 1.807) is 48.3 Å². The van der Waals surface area contributed by atoms with E-state index in [-0.39, 0.29) is 23.8 Å². The summed E-state index contributed by atoms with van der Waals surface area (Å²) in [5.74, 6) is -1.19. The summed E-state index contributed by atoms with van der Waals surface area (Å²) in [5.41, 5.74) is 6.61. The van der Waals surface area contributed by atoms with Gasteiger partial charge in [-0.15, -0.1) is 0 Å². The van der Waals surface area contributed by atoms with Gasteiger partial charge in [-0.25, -0.2) is 4.39 Å². The summed E-state index contributed by atoms with van der Waals surface area (Å²) in [6.45, 7) is 0.451. The van der Waals surface area contributed by atoms with Crippen molar-refractivity contribution >= 4 is 17.5 Å². The van der Waals surface area contributed by atoms with E-state index >= 15 is 0 Å². The monoisotopic (exact) mass is 345 g/mol. The van der Waals surface area contributed by atoms with E-state index in [4.69, 9.17) is 10.5 Å². The third-order valence-electron chi connectivity index (χ3n) is 3.55. The molecule has 0 saturated heterocycles. The highest BCUT2D eigenvalue weighted by atomic mass is 19.1. The Morgan fingerprint density at radius 2 is 1.96 bits per heavy atom. The van der Waals surface area contributed by atoms with E-state index in [2.05, 4.69) is 5.32 Å². The van der Waals surface area contributed by atoms with Gasteiger partial charge in [0.15, 0.2) is 11.6 Å². The number of para-hydroxylation sites is 1. The molecule has 0 aliphatic rings. The minimum atomic E-state index is -0.613. The first kappa shape index (κ1) is 18.4. The molecule has 2 aromatic carbocycles. The molecule has 132 valence electrons. The first-order valence-electron chi connectivity index (χ1n) is 7.60. The molecule has 0 unspecified atom stereocenters. The summed E-state index contributed by atoms with van der Waals surface area (Å²) < 4.78 is 18.6. The number of amides is 2. The molecule has 0 aromatic heterocycles. The highest BCUT2D eigenvalue weighted by molar-refractivity contribution is 6.03. The highest BCUT2D eigenvalue weighted by Crippen LogP contribution is 2.18. The number of carbonyl (C=O) groups is 2. The molecule has 0 heterocycles. The summed E-state index contributed by atoms with van der Waals surface area (Å²) in [7, 11) is 3.14. The van der Waals surface area contributed by atoms with Crippen molar-refractivity contribution < 1.29 is 18.7 Å². The number of carbonyl (C=O) groups excluding carboxylic acids is 2. The summed E-state index contributed by atoms with van der Waals surface area (Å²) in [6.07, 6.45) is 0. The summed E-state index contributed by atoms with van der Waals surface area (Å²) in [5, 5.41) is 2.66. The first-order chi connectivity index (χ1) is 11.9. The second-order valence-electron chi connectivity index (χ2n) is 5.60. The summed E-state index contributed by atoms with van der Waals surface area (Å²) in [6, 6.07) is 11.2. The Labute approximate surface area is 145 Å². The van der Waals surface area contributed by atoms with E-state index in [0.29, 0.717) is 17.8 Å². The van der Waals surface area contributed by atoms with E-state index in [9.17, 15) is 14.0 Å². The molecule has 2 aromatic rings. The number of ether oxygens (including phenoxy) is 1. The zero-order valence-electron chi connectivity index (χ0n) is 14.1. The molecule has 3 N–H and O–H groups in total. The maximum Gasteiger partial charge on any atom is 0.250 e. The fourth-order valence-electron chi connectivity index (χ4n) is 2.42. The van der Waals surface area contributed by atoms with Crippen LogP contribution < -0.4 is 15.8 Å². The van der Waals surface area contributed by atoms with Gasteiger partial charge in [0.05, 0.1) is 24.9 Å². The van der Waals surface area contributed by atoms with Gasteiger partial charge in [-0.1, -0.05) is 18.2 Å². The first-order valence-corrected chi connectivity index (χ1v) is 7.60.